The molecule has 2 aliphatic rings. The maximum absolute atomic E-state index is 10.8. The molecule has 0 radical (unpaired) electrons. The van der Waals surface area contributed by atoms with Crippen LogP contribution in [0.5, 0.6) is 0 Å². The highest BCUT2D eigenvalue weighted by atomic mass is 16.3. The van der Waals surface area contributed by atoms with Crippen molar-refractivity contribution in [2.24, 2.45) is 11.1 Å². The van der Waals surface area contributed by atoms with E-state index < -0.39 is 0 Å². The van der Waals surface area contributed by atoms with Gasteiger partial charge in [-0.15, -0.1) is 0 Å². The monoisotopic (exact) mass is 245 g/mol. The topological polar surface area (TPSA) is 46.2 Å². The van der Waals surface area contributed by atoms with Crippen molar-refractivity contribution in [1.82, 2.24) is 0 Å². The number of nitrogens with two attached hydrogens (primary N) is 1. The summed E-state index contributed by atoms with van der Waals surface area (Å²) in [4.78, 5) is 0. The number of aliphatic hydroxyl groups excluding tert-OH is 1. The van der Waals surface area contributed by atoms with Gasteiger partial charge in [0.2, 0.25) is 0 Å². The Bertz CT molecular complexity index is 419. The first-order chi connectivity index (χ1) is 8.77. The Morgan fingerprint density at radius 3 is 2.50 bits per heavy atom. The number of hydrogen-bond donors (Lipinski definition) is 2. The van der Waals surface area contributed by atoms with Gasteiger partial charge in [-0.25, -0.2) is 0 Å². The Labute approximate surface area is 109 Å². The van der Waals surface area contributed by atoms with Crippen molar-refractivity contribution >= 4 is 0 Å². The Balaban J connectivity index is 1.93. The Kier molecular flexibility index (Phi) is 3.16. The van der Waals surface area contributed by atoms with E-state index in [0.29, 0.717) is 12.5 Å². The minimum Gasteiger partial charge on any atom is -0.388 e. The van der Waals surface area contributed by atoms with Crippen LogP contribution in [0.15, 0.2) is 24.3 Å². The SMILES string of the molecule is NCC1(C(O)c2ccccc2C2CC2)CCCC1. The molecule has 1 atom stereocenters. The molecule has 2 aliphatic carbocycles. The summed E-state index contributed by atoms with van der Waals surface area (Å²) in [5.41, 5.74) is 8.44. The molecule has 0 spiro atoms. The summed E-state index contributed by atoms with van der Waals surface area (Å²) in [6.07, 6.45) is 6.74. The largest absolute Gasteiger partial charge is 0.388 e. The van der Waals surface area contributed by atoms with Gasteiger partial charge in [0, 0.05) is 12.0 Å². The highest BCUT2D eigenvalue weighted by molar-refractivity contribution is 5.36. The van der Waals surface area contributed by atoms with Crippen molar-refractivity contribution in [1.29, 1.82) is 0 Å². The second kappa shape index (κ2) is 4.67. The Morgan fingerprint density at radius 2 is 1.89 bits per heavy atom. The van der Waals surface area contributed by atoms with Crippen molar-refractivity contribution in [3.63, 3.8) is 0 Å². The van der Waals surface area contributed by atoms with Gasteiger partial charge >= 0.3 is 0 Å². The van der Waals surface area contributed by atoms with E-state index in [1.165, 1.54) is 31.2 Å². The standard InChI is InChI=1S/C16H23NO/c17-11-16(9-3-4-10-16)15(18)14-6-2-1-5-13(14)12-7-8-12/h1-2,5-6,12,15,18H,3-4,7-11,17H2. The third-order valence-electron chi connectivity index (χ3n) is 4.89. The maximum Gasteiger partial charge on any atom is 0.0861 e. The van der Waals surface area contributed by atoms with Gasteiger partial charge in [0.15, 0.2) is 0 Å². The number of hydrogen-bond acceptors (Lipinski definition) is 2. The normalized spacial score (nSPS) is 24.1. The van der Waals surface area contributed by atoms with Gasteiger partial charge in [0.05, 0.1) is 6.10 Å². The lowest BCUT2D eigenvalue weighted by molar-refractivity contribution is 0.0326. The molecule has 1 unspecified atom stereocenters. The van der Waals surface area contributed by atoms with E-state index in [1.807, 2.05) is 6.07 Å². The van der Waals surface area contributed by atoms with Gasteiger partial charge in [-0.1, -0.05) is 37.1 Å². The molecular formula is C16H23NO. The number of rotatable bonds is 4. The molecule has 0 bridgehead atoms. The number of aliphatic hydroxyl groups is 1. The van der Waals surface area contributed by atoms with Gasteiger partial charge in [-0.3, -0.25) is 0 Å². The van der Waals surface area contributed by atoms with Gasteiger partial charge in [0.25, 0.3) is 0 Å². The van der Waals surface area contributed by atoms with Gasteiger partial charge < -0.3 is 10.8 Å². The molecule has 3 rings (SSSR count). The fraction of sp³-hybridized carbons (Fsp3) is 0.625. The van der Waals surface area contributed by atoms with Crippen LogP contribution in [0.3, 0.4) is 0 Å². The van der Waals surface area contributed by atoms with Gasteiger partial charge in [-0.2, -0.15) is 0 Å². The van der Waals surface area contributed by atoms with Crippen LogP contribution in [0.2, 0.25) is 0 Å². The quantitative estimate of drug-likeness (QED) is 0.856. The molecule has 0 amide bonds. The van der Waals surface area contributed by atoms with Crippen LogP contribution in [-0.4, -0.2) is 11.7 Å². The van der Waals surface area contributed by atoms with E-state index in [4.69, 9.17) is 5.73 Å². The average molecular weight is 245 g/mol. The predicted molar refractivity (Wildman–Crippen MR) is 73.3 cm³/mol. The Hall–Kier alpha value is -0.860. The summed E-state index contributed by atoms with van der Waals surface area (Å²) < 4.78 is 0. The predicted octanol–water partition coefficient (Wildman–Crippen LogP) is 3.12. The highest BCUT2D eigenvalue weighted by Gasteiger charge is 2.41. The molecule has 0 aliphatic heterocycles. The summed E-state index contributed by atoms with van der Waals surface area (Å²) in [7, 11) is 0. The molecule has 1 aromatic rings. The molecule has 2 fully saturated rings. The summed E-state index contributed by atoms with van der Waals surface area (Å²) in [5.74, 6) is 0.687. The van der Waals surface area contributed by atoms with Gasteiger partial charge in [-0.05, 0) is 42.7 Å². The lowest BCUT2D eigenvalue weighted by atomic mass is 9.76. The highest BCUT2D eigenvalue weighted by Crippen LogP contribution is 2.50. The smallest absolute Gasteiger partial charge is 0.0861 e. The molecule has 2 saturated carbocycles. The zero-order chi connectivity index (χ0) is 12.6. The molecule has 18 heavy (non-hydrogen) atoms. The molecule has 3 N–H and O–H groups in total. The fourth-order valence-corrected chi connectivity index (χ4v) is 3.52. The molecule has 0 heterocycles. The first kappa shape index (κ1) is 12.2. The molecular weight excluding hydrogens is 222 g/mol. The Morgan fingerprint density at radius 1 is 1.22 bits per heavy atom. The second-order valence-electron chi connectivity index (χ2n) is 6.08. The van der Waals surface area contributed by atoms with Crippen LogP contribution in [0, 0.1) is 5.41 Å². The summed E-state index contributed by atoms with van der Waals surface area (Å²) in [6.45, 7) is 0.604. The zero-order valence-electron chi connectivity index (χ0n) is 10.9. The van der Waals surface area contributed by atoms with Crippen molar-refractivity contribution in [3.8, 4) is 0 Å². The van der Waals surface area contributed by atoms with Crippen molar-refractivity contribution in [2.45, 2.75) is 50.5 Å². The van der Waals surface area contributed by atoms with E-state index >= 15 is 0 Å². The molecule has 2 nitrogen and oxygen atoms in total. The minimum atomic E-state index is -0.373. The third-order valence-corrected chi connectivity index (χ3v) is 4.89. The van der Waals surface area contributed by atoms with E-state index in [2.05, 4.69) is 18.2 Å². The average Bonchev–Trinajstić information content (AvgIpc) is 3.15. The van der Waals surface area contributed by atoms with Crippen molar-refractivity contribution in [3.05, 3.63) is 35.4 Å². The van der Waals surface area contributed by atoms with Crippen LogP contribution in [0.4, 0.5) is 0 Å². The van der Waals surface area contributed by atoms with Crippen molar-refractivity contribution in [2.75, 3.05) is 6.54 Å². The minimum absolute atomic E-state index is 0.0645. The third kappa shape index (κ3) is 1.98. The van der Waals surface area contributed by atoms with Crippen LogP contribution >= 0.6 is 0 Å². The molecule has 0 saturated heterocycles. The van der Waals surface area contributed by atoms with Crippen LogP contribution in [0.1, 0.15) is 61.7 Å². The molecule has 98 valence electrons. The number of benzene rings is 1. The van der Waals surface area contributed by atoms with Crippen molar-refractivity contribution < 1.29 is 5.11 Å². The summed E-state index contributed by atoms with van der Waals surface area (Å²) in [6, 6.07) is 8.43. The fourth-order valence-electron chi connectivity index (χ4n) is 3.52. The van der Waals surface area contributed by atoms with E-state index in [1.54, 1.807) is 0 Å². The van der Waals surface area contributed by atoms with Crippen LogP contribution < -0.4 is 5.73 Å². The maximum atomic E-state index is 10.8. The first-order valence-corrected chi connectivity index (χ1v) is 7.24. The van der Waals surface area contributed by atoms with E-state index in [9.17, 15) is 5.11 Å². The summed E-state index contributed by atoms with van der Waals surface area (Å²) in [5, 5.41) is 10.8. The summed E-state index contributed by atoms with van der Waals surface area (Å²) >= 11 is 0. The molecule has 0 aromatic heterocycles. The molecule has 1 aromatic carbocycles. The lowest BCUT2D eigenvalue weighted by Crippen LogP contribution is -2.34. The van der Waals surface area contributed by atoms with E-state index in [-0.39, 0.29) is 11.5 Å². The van der Waals surface area contributed by atoms with E-state index in [0.717, 1.165) is 18.4 Å². The zero-order valence-corrected chi connectivity index (χ0v) is 10.9. The van der Waals surface area contributed by atoms with Crippen LogP contribution in [-0.2, 0) is 0 Å². The second-order valence-corrected chi connectivity index (χ2v) is 6.08. The molecule has 2 heteroatoms. The van der Waals surface area contributed by atoms with Crippen LogP contribution in [0.25, 0.3) is 0 Å². The lowest BCUT2D eigenvalue weighted by Gasteiger charge is -2.34. The first-order valence-electron chi connectivity index (χ1n) is 7.24. The van der Waals surface area contributed by atoms with Gasteiger partial charge in [0.1, 0.15) is 0 Å².